The monoisotopic (exact) mass is 378 g/mol. The summed E-state index contributed by atoms with van der Waals surface area (Å²) in [5, 5.41) is 12.5. The van der Waals surface area contributed by atoms with Crippen LogP contribution in [0.2, 0.25) is 0 Å². The minimum Gasteiger partial charge on any atom is -0.346 e. The third kappa shape index (κ3) is 2.90. The fourth-order valence-corrected chi connectivity index (χ4v) is 4.10. The summed E-state index contributed by atoms with van der Waals surface area (Å²) in [6, 6.07) is 7.85. The molecule has 0 saturated heterocycles. The quantitative estimate of drug-likeness (QED) is 0.569. The topological polar surface area (TPSA) is 88.0 Å². The van der Waals surface area contributed by atoms with Gasteiger partial charge in [0.15, 0.2) is 0 Å². The largest absolute Gasteiger partial charge is 0.346 e. The Labute approximate surface area is 160 Å². The molecule has 142 valence electrons. The molecule has 0 bridgehead atoms. The normalized spacial score (nSPS) is 19.9. The van der Waals surface area contributed by atoms with Crippen LogP contribution in [0.1, 0.15) is 37.3 Å². The van der Waals surface area contributed by atoms with Crippen LogP contribution in [0.4, 0.5) is 10.1 Å². The predicted molar refractivity (Wildman–Crippen MR) is 102 cm³/mol. The second-order valence-corrected chi connectivity index (χ2v) is 7.30. The van der Waals surface area contributed by atoms with Crippen molar-refractivity contribution in [3.8, 4) is 0 Å². The van der Waals surface area contributed by atoms with Crippen LogP contribution in [0.25, 0.3) is 16.6 Å². The van der Waals surface area contributed by atoms with Gasteiger partial charge in [0.2, 0.25) is 5.91 Å². The summed E-state index contributed by atoms with van der Waals surface area (Å²) < 4.78 is 14.7. The Morgan fingerprint density at radius 3 is 2.71 bits per heavy atom. The van der Waals surface area contributed by atoms with E-state index in [-0.39, 0.29) is 23.6 Å². The standard InChI is InChI=1S/C20H19FN6O/c21-14-5-7-15(8-6-14)24-20(28)13-3-1-12(2-4-13)17-18-16-9-10-22-19(16)23-11-27(18)26-25-17/h5-13,22H,1-4H2,(H,24,28)/t12-,13-. The molecule has 4 aromatic rings. The number of aromatic amines is 1. The third-order valence-corrected chi connectivity index (χ3v) is 5.59. The maximum Gasteiger partial charge on any atom is 0.227 e. The van der Waals surface area contributed by atoms with Gasteiger partial charge in [0.25, 0.3) is 0 Å². The second kappa shape index (κ2) is 6.70. The van der Waals surface area contributed by atoms with E-state index in [9.17, 15) is 9.18 Å². The highest BCUT2D eigenvalue weighted by Crippen LogP contribution is 2.38. The molecule has 0 unspecified atom stereocenters. The van der Waals surface area contributed by atoms with Gasteiger partial charge >= 0.3 is 0 Å². The first-order chi connectivity index (χ1) is 13.7. The number of hydrogen-bond donors (Lipinski definition) is 2. The van der Waals surface area contributed by atoms with Crippen LogP contribution in [0.3, 0.4) is 0 Å². The van der Waals surface area contributed by atoms with Crippen LogP contribution in [0.5, 0.6) is 0 Å². The molecule has 1 saturated carbocycles. The van der Waals surface area contributed by atoms with Gasteiger partial charge < -0.3 is 10.3 Å². The molecule has 1 aromatic carbocycles. The molecular formula is C20H19FN6O. The lowest BCUT2D eigenvalue weighted by Crippen LogP contribution is -2.26. The van der Waals surface area contributed by atoms with Crippen LogP contribution in [-0.2, 0) is 4.79 Å². The Hall–Kier alpha value is -3.29. The van der Waals surface area contributed by atoms with Gasteiger partial charge in [-0.1, -0.05) is 5.21 Å². The lowest BCUT2D eigenvalue weighted by molar-refractivity contribution is -0.120. The van der Waals surface area contributed by atoms with Gasteiger partial charge in [0.1, 0.15) is 23.3 Å². The molecule has 1 fully saturated rings. The summed E-state index contributed by atoms with van der Waals surface area (Å²) in [4.78, 5) is 20.0. The number of benzene rings is 1. The van der Waals surface area contributed by atoms with E-state index in [0.717, 1.165) is 47.9 Å². The highest BCUT2D eigenvalue weighted by molar-refractivity contribution is 5.93. The van der Waals surface area contributed by atoms with Gasteiger partial charge in [0, 0.05) is 29.1 Å². The van der Waals surface area contributed by atoms with E-state index >= 15 is 0 Å². The molecule has 28 heavy (non-hydrogen) atoms. The predicted octanol–water partition coefficient (Wildman–Crippen LogP) is 3.66. The number of H-pyrrole nitrogens is 1. The van der Waals surface area contributed by atoms with Gasteiger partial charge in [-0.2, -0.15) is 0 Å². The lowest BCUT2D eigenvalue weighted by Gasteiger charge is -2.26. The van der Waals surface area contributed by atoms with E-state index in [4.69, 9.17) is 0 Å². The smallest absolute Gasteiger partial charge is 0.227 e. The zero-order valence-corrected chi connectivity index (χ0v) is 15.1. The lowest BCUT2D eigenvalue weighted by atomic mass is 9.79. The third-order valence-electron chi connectivity index (χ3n) is 5.59. The summed E-state index contributed by atoms with van der Waals surface area (Å²) in [5.41, 5.74) is 3.42. The number of nitrogens with zero attached hydrogens (tertiary/aromatic N) is 4. The molecule has 1 aliphatic carbocycles. The average molecular weight is 378 g/mol. The molecule has 7 nitrogen and oxygen atoms in total. The fraction of sp³-hybridized carbons (Fsp3) is 0.300. The van der Waals surface area contributed by atoms with Gasteiger partial charge in [-0.15, -0.1) is 5.10 Å². The Morgan fingerprint density at radius 2 is 1.93 bits per heavy atom. The summed E-state index contributed by atoms with van der Waals surface area (Å²) >= 11 is 0. The maximum absolute atomic E-state index is 13.0. The van der Waals surface area contributed by atoms with Gasteiger partial charge in [0.05, 0.1) is 5.69 Å². The molecule has 5 rings (SSSR count). The molecular weight excluding hydrogens is 359 g/mol. The van der Waals surface area contributed by atoms with E-state index in [0.29, 0.717) is 5.69 Å². The zero-order chi connectivity index (χ0) is 19.1. The number of carbonyl (C=O) groups excluding carboxylic acids is 1. The van der Waals surface area contributed by atoms with Crippen LogP contribution < -0.4 is 5.32 Å². The fourth-order valence-electron chi connectivity index (χ4n) is 4.10. The zero-order valence-electron chi connectivity index (χ0n) is 15.1. The van der Waals surface area contributed by atoms with Crippen LogP contribution in [0.15, 0.2) is 42.9 Å². The van der Waals surface area contributed by atoms with Crippen LogP contribution >= 0.6 is 0 Å². The van der Waals surface area contributed by atoms with Crippen molar-refractivity contribution in [1.29, 1.82) is 0 Å². The number of anilines is 1. The van der Waals surface area contributed by atoms with E-state index in [2.05, 4.69) is 25.6 Å². The summed E-state index contributed by atoms with van der Waals surface area (Å²) in [5.74, 6) is -0.0915. The van der Waals surface area contributed by atoms with Crippen molar-refractivity contribution in [2.45, 2.75) is 31.6 Å². The first kappa shape index (κ1) is 16.9. The SMILES string of the molecule is O=C(Nc1ccc(F)cc1)[C@H]1CC[C@H](c2nnn3cnc4[nH]ccc4c23)CC1. The van der Waals surface area contributed by atoms with Crippen molar-refractivity contribution in [3.05, 3.63) is 54.4 Å². The minimum absolute atomic E-state index is 0.00453. The highest BCUT2D eigenvalue weighted by atomic mass is 19.1. The van der Waals surface area contributed by atoms with Crippen molar-refractivity contribution in [3.63, 3.8) is 0 Å². The maximum atomic E-state index is 13.0. The molecule has 2 N–H and O–H groups in total. The Morgan fingerprint density at radius 1 is 1.14 bits per heavy atom. The van der Waals surface area contributed by atoms with Crippen molar-refractivity contribution in [2.24, 2.45) is 5.92 Å². The highest BCUT2D eigenvalue weighted by Gasteiger charge is 2.30. The van der Waals surface area contributed by atoms with E-state index in [1.807, 2.05) is 12.3 Å². The molecule has 8 heteroatoms. The number of fused-ring (bicyclic) bond motifs is 3. The molecule has 3 heterocycles. The minimum atomic E-state index is -0.314. The molecule has 1 amide bonds. The Kier molecular flexibility index (Phi) is 4.03. The number of aromatic nitrogens is 5. The van der Waals surface area contributed by atoms with E-state index in [1.165, 1.54) is 12.1 Å². The number of carbonyl (C=O) groups is 1. The number of amides is 1. The average Bonchev–Trinajstić information content (AvgIpc) is 3.36. The van der Waals surface area contributed by atoms with E-state index < -0.39 is 0 Å². The van der Waals surface area contributed by atoms with Crippen LogP contribution in [-0.4, -0.2) is 30.7 Å². The van der Waals surface area contributed by atoms with Gasteiger partial charge in [-0.3, -0.25) is 4.79 Å². The molecule has 1 aliphatic rings. The van der Waals surface area contributed by atoms with E-state index in [1.54, 1.807) is 23.0 Å². The first-order valence-corrected chi connectivity index (χ1v) is 9.42. The van der Waals surface area contributed by atoms with Crippen LogP contribution in [0, 0.1) is 11.7 Å². The molecule has 0 radical (unpaired) electrons. The van der Waals surface area contributed by atoms with Gasteiger partial charge in [-0.25, -0.2) is 13.9 Å². The number of hydrogen-bond acceptors (Lipinski definition) is 4. The van der Waals surface area contributed by atoms with Crippen molar-refractivity contribution in [2.75, 3.05) is 5.32 Å². The Balaban J connectivity index is 1.31. The molecule has 3 aromatic heterocycles. The summed E-state index contributed by atoms with van der Waals surface area (Å²) in [7, 11) is 0. The number of rotatable bonds is 3. The molecule has 0 spiro atoms. The Bertz CT molecular complexity index is 1140. The summed E-state index contributed by atoms with van der Waals surface area (Å²) in [6.45, 7) is 0. The second-order valence-electron chi connectivity index (χ2n) is 7.30. The number of nitrogens with one attached hydrogen (secondary N) is 2. The van der Waals surface area contributed by atoms with Gasteiger partial charge in [-0.05, 0) is 56.0 Å². The first-order valence-electron chi connectivity index (χ1n) is 9.42. The number of halogens is 1. The van der Waals surface area contributed by atoms with Crippen molar-refractivity contribution >= 4 is 28.1 Å². The molecule has 0 aliphatic heterocycles. The van der Waals surface area contributed by atoms with Crippen molar-refractivity contribution < 1.29 is 9.18 Å². The molecule has 0 atom stereocenters. The van der Waals surface area contributed by atoms with Crippen molar-refractivity contribution in [1.82, 2.24) is 24.8 Å². The summed E-state index contributed by atoms with van der Waals surface area (Å²) in [6.07, 6.45) is 6.88.